The van der Waals surface area contributed by atoms with Gasteiger partial charge in [-0.2, -0.15) is 0 Å². The SMILES string of the molecule is O=C(NCCNc1ncccn1)c1cc2cc(F)ccc2[nH]1. The molecule has 0 bridgehead atoms. The van der Waals surface area contributed by atoms with E-state index in [1.807, 2.05) is 0 Å². The quantitative estimate of drug-likeness (QED) is 0.629. The molecule has 0 radical (unpaired) electrons. The van der Waals surface area contributed by atoms with Crippen LogP contribution in [0.5, 0.6) is 0 Å². The predicted molar refractivity (Wildman–Crippen MR) is 81.1 cm³/mol. The van der Waals surface area contributed by atoms with E-state index in [9.17, 15) is 9.18 Å². The van der Waals surface area contributed by atoms with Crippen molar-refractivity contribution in [2.45, 2.75) is 0 Å². The summed E-state index contributed by atoms with van der Waals surface area (Å²) in [6.45, 7) is 0.922. The molecule has 0 aliphatic heterocycles. The fourth-order valence-corrected chi connectivity index (χ4v) is 2.06. The summed E-state index contributed by atoms with van der Waals surface area (Å²) in [5, 5.41) is 6.42. The highest BCUT2D eigenvalue weighted by Crippen LogP contribution is 2.16. The number of halogens is 1. The van der Waals surface area contributed by atoms with Crippen LogP contribution in [0.25, 0.3) is 10.9 Å². The minimum atomic E-state index is -0.328. The maximum atomic E-state index is 13.1. The van der Waals surface area contributed by atoms with Gasteiger partial charge >= 0.3 is 0 Å². The van der Waals surface area contributed by atoms with Gasteiger partial charge in [0.2, 0.25) is 5.95 Å². The lowest BCUT2D eigenvalue weighted by atomic mass is 10.2. The Bertz CT molecular complexity index is 787. The molecule has 22 heavy (non-hydrogen) atoms. The number of carbonyl (C=O) groups excluding carboxylic acids is 1. The highest BCUT2D eigenvalue weighted by Gasteiger charge is 2.09. The van der Waals surface area contributed by atoms with E-state index < -0.39 is 0 Å². The second-order valence-electron chi connectivity index (χ2n) is 4.67. The number of H-pyrrole nitrogens is 1. The fraction of sp³-hybridized carbons (Fsp3) is 0.133. The average Bonchev–Trinajstić information content (AvgIpc) is 2.95. The Morgan fingerprint density at radius 2 is 2.00 bits per heavy atom. The molecule has 2 heterocycles. The van der Waals surface area contributed by atoms with Gasteiger partial charge in [-0.25, -0.2) is 14.4 Å². The molecule has 3 aromatic rings. The lowest BCUT2D eigenvalue weighted by molar-refractivity contribution is 0.0951. The number of benzene rings is 1. The van der Waals surface area contributed by atoms with E-state index in [1.165, 1.54) is 12.1 Å². The van der Waals surface area contributed by atoms with Gasteiger partial charge in [-0.1, -0.05) is 0 Å². The molecule has 7 heteroatoms. The molecule has 3 N–H and O–H groups in total. The van der Waals surface area contributed by atoms with E-state index in [-0.39, 0.29) is 11.7 Å². The van der Waals surface area contributed by atoms with Gasteiger partial charge in [0.25, 0.3) is 5.91 Å². The molecule has 0 aliphatic rings. The van der Waals surface area contributed by atoms with Crippen LogP contribution in [-0.2, 0) is 0 Å². The summed E-state index contributed by atoms with van der Waals surface area (Å²) in [5.74, 6) is -0.0595. The average molecular weight is 299 g/mol. The summed E-state index contributed by atoms with van der Waals surface area (Å²) in [4.78, 5) is 23.0. The third-order valence-corrected chi connectivity index (χ3v) is 3.09. The molecule has 2 aromatic heterocycles. The number of aromatic nitrogens is 3. The van der Waals surface area contributed by atoms with Crippen LogP contribution in [0.1, 0.15) is 10.5 Å². The largest absolute Gasteiger partial charge is 0.352 e. The van der Waals surface area contributed by atoms with Gasteiger partial charge in [-0.15, -0.1) is 0 Å². The zero-order valence-corrected chi connectivity index (χ0v) is 11.6. The van der Waals surface area contributed by atoms with E-state index in [1.54, 1.807) is 30.6 Å². The molecule has 0 aliphatic carbocycles. The van der Waals surface area contributed by atoms with Crippen molar-refractivity contribution in [2.75, 3.05) is 18.4 Å². The van der Waals surface area contributed by atoms with Crippen LogP contribution in [0.15, 0.2) is 42.7 Å². The molecule has 1 amide bonds. The number of hydrogen-bond donors (Lipinski definition) is 3. The van der Waals surface area contributed by atoms with Crippen LogP contribution < -0.4 is 10.6 Å². The molecule has 112 valence electrons. The van der Waals surface area contributed by atoms with Gasteiger partial charge in [-0.3, -0.25) is 4.79 Å². The number of carbonyl (C=O) groups is 1. The van der Waals surface area contributed by atoms with E-state index in [0.717, 1.165) is 5.52 Å². The standard InChI is InChI=1S/C15H14FN5O/c16-11-2-3-12-10(8-11)9-13(21-12)14(22)17-6-7-20-15-18-4-1-5-19-15/h1-5,8-9,21H,6-7H2,(H,17,22)(H,18,19,20). The number of fused-ring (bicyclic) bond motifs is 1. The van der Waals surface area contributed by atoms with Crippen molar-refractivity contribution >= 4 is 22.8 Å². The van der Waals surface area contributed by atoms with Crippen LogP contribution in [0, 0.1) is 5.82 Å². The Balaban J connectivity index is 1.54. The Morgan fingerprint density at radius 3 is 2.82 bits per heavy atom. The van der Waals surface area contributed by atoms with Gasteiger partial charge in [-0.05, 0) is 30.3 Å². The van der Waals surface area contributed by atoms with Crippen molar-refractivity contribution in [3.63, 3.8) is 0 Å². The first-order valence-electron chi connectivity index (χ1n) is 6.80. The first kappa shape index (κ1) is 14.0. The minimum Gasteiger partial charge on any atom is -0.352 e. The summed E-state index contributed by atoms with van der Waals surface area (Å²) in [7, 11) is 0. The van der Waals surface area contributed by atoms with Gasteiger partial charge < -0.3 is 15.6 Å². The number of nitrogens with one attached hydrogen (secondary N) is 3. The van der Waals surface area contributed by atoms with Crippen molar-refractivity contribution in [2.24, 2.45) is 0 Å². The number of aromatic amines is 1. The summed E-state index contributed by atoms with van der Waals surface area (Å²) < 4.78 is 13.1. The Labute approximate surface area is 125 Å². The second kappa shape index (κ2) is 6.21. The molecule has 0 atom stereocenters. The van der Waals surface area contributed by atoms with Gasteiger partial charge in [0.05, 0.1) is 0 Å². The molecule has 1 aromatic carbocycles. The lowest BCUT2D eigenvalue weighted by Crippen LogP contribution is -2.29. The number of amides is 1. The lowest BCUT2D eigenvalue weighted by Gasteiger charge is -2.05. The summed E-state index contributed by atoms with van der Waals surface area (Å²) in [6.07, 6.45) is 3.27. The normalized spacial score (nSPS) is 10.6. The van der Waals surface area contributed by atoms with Crippen LogP contribution in [0.2, 0.25) is 0 Å². The molecule has 0 saturated carbocycles. The molecule has 0 saturated heterocycles. The smallest absolute Gasteiger partial charge is 0.267 e. The van der Waals surface area contributed by atoms with E-state index in [0.29, 0.717) is 30.1 Å². The minimum absolute atomic E-state index is 0.243. The highest BCUT2D eigenvalue weighted by molar-refractivity contribution is 5.97. The van der Waals surface area contributed by atoms with Crippen LogP contribution in [-0.4, -0.2) is 33.9 Å². The van der Waals surface area contributed by atoms with E-state index in [4.69, 9.17) is 0 Å². The van der Waals surface area contributed by atoms with Crippen LogP contribution >= 0.6 is 0 Å². The maximum absolute atomic E-state index is 13.1. The summed E-state index contributed by atoms with van der Waals surface area (Å²) >= 11 is 0. The molecule has 3 rings (SSSR count). The monoisotopic (exact) mass is 299 g/mol. The van der Waals surface area contributed by atoms with Gasteiger partial charge in [0.1, 0.15) is 11.5 Å². The van der Waals surface area contributed by atoms with Crippen molar-refractivity contribution in [1.29, 1.82) is 0 Å². The molecule has 0 fully saturated rings. The van der Waals surface area contributed by atoms with Gasteiger partial charge in [0.15, 0.2) is 0 Å². The topological polar surface area (TPSA) is 82.7 Å². The van der Waals surface area contributed by atoms with E-state index >= 15 is 0 Å². The van der Waals surface area contributed by atoms with Crippen LogP contribution in [0.3, 0.4) is 0 Å². The van der Waals surface area contributed by atoms with Crippen molar-refractivity contribution < 1.29 is 9.18 Å². The van der Waals surface area contributed by atoms with Crippen molar-refractivity contribution in [3.8, 4) is 0 Å². The second-order valence-corrected chi connectivity index (χ2v) is 4.67. The van der Waals surface area contributed by atoms with Crippen molar-refractivity contribution in [3.05, 3.63) is 54.2 Å². The Morgan fingerprint density at radius 1 is 1.18 bits per heavy atom. The summed E-state index contributed by atoms with van der Waals surface area (Å²) in [5.41, 5.74) is 1.12. The number of hydrogen-bond acceptors (Lipinski definition) is 4. The Kier molecular flexibility index (Phi) is 3.95. The zero-order valence-electron chi connectivity index (χ0n) is 11.6. The third-order valence-electron chi connectivity index (χ3n) is 3.09. The maximum Gasteiger partial charge on any atom is 0.267 e. The summed E-state index contributed by atoms with van der Waals surface area (Å²) in [6, 6.07) is 7.70. The molecule has 6 nitrogen and oxygen atoms in total. The first-order chi connectivity index (χ1) is 10.7. The van der Waals surface area contributed by atoms with E-state index in [2.05, 4.69) is 25.6 Å². The van der Waals surface area contributed by atoms with Crippen molar-refractivity contribution in [1.82, 2.24) is 20.3 Å². The van der Waals surface area contributed by atoms with Gasteiger partial charge in [0, 0.05) is 36.4 Å². The fourth-order valence-electron chi connectivity index (χ4n) is 2.06. The first-order valence-corrected chi connectivity index (χ1v) is 6.80. The molecular weight excluding hydrogens is 285 g/mol. The zero-order chi connectivity index (χ0) is 15.4. The number of rotatable bonds is 5. The predicted octanol–water partition coefficient (Wildman–Crippen LogP) is 1.94. The molecule has 0 unspecified atom stereocenters. The molecular formula is C15H14FN5O. The van der Waals surface area contributed by atoms with Crippen LogP contribution in [0.4, 0.5) is 10.3 Å². The highest BCUT2D eigenvalue weighted by atomic mass is 19.1. The molecule has 0 spiro atoms. The third kappa shape index (κ3) is 3.20. The Hall–Kier alpha value is -2.96. The number of nitrogens with zero attached hydrogens (tertiary/aromatic N) is 2. The number of anilines is 1.